The van der Waals surface area contributed by atoms with Crippen molar-refractivity contribution in [3.8, 4) is 0 Å². The maximum absolute atomic E-state index is 9.06. The van der Waals surface area contributed by atoms with Crippen LogP contribution in [0.4, 0.5) is 0 Å². The first-order valence-electron chi connectivity index (χ1n) is 7.09. The van der Waals surface area contributed by atoms with E-state index in [2.05, 4.69) is 55.4 Å². The van der Waals surface area contributed by atoms with Gasteiger partial charge in [-0.25, -0.2) is 0 Å². The van der Waals surface area contributed by atoms with Crippen LogP contribution in [0.25, 0.3) is 10.9 Å². The molecule has 0 aliphatic heterocycles. The molecule has 2 rings (SSSR count). The number of hydrogen-bond acceptors (Lipinski definition) is 1. The predicted molar refractivity (Wildman–Crippen MR) is 86.0 cm³/mol. The van der Waals surface area contributed by atoms with Crippen molar-refractivity contribution in [3.63, 3.8) is 0 Å². The van der Waals surface area contributed by atoms with Crippen molar-refractivity contribution in [1.29, 1.82) is 0 Å². The van der Waals surface area contributed by atoms with Crippen LogP contribution >= 0.6 is 0 Å². The van der Waals surface area contributed by atoms with Crippen LogP contribution in [0.1, 0.15) is 31.9 Å². The molecule has 0 bridgehead atoms. The van der Waals surface area contributed by atoms with Crippen LogP contribution in [0.5, 0.6) is 0 Å². The monoisotopic (exact) mass is 269 g/mol. The zero-order valence-electron chi connectivity index (χ0n) is 12.5. The maximum Gasteiger partial charge on any atom is 0.0639 e. The van der Waals surface area contributed by atoms with E-state index in [9.17, 15) is 0 Å². The van der Waals surface area contributed by atoms with Crippen molar-refractivity contribution in [2.24, 2.45) is 0 Å². The molecule has 0 atom stereocenters. The summed E-state index contributed by atoms with van der Waals surface area (Å²) in [6.45, 7) is 6.34. The van der Waals surface area contributed by atoms with E-state index in [1.54, 1.807) is 0 Å². The first-order valence-corrected chi connectivity index (χ1v) is 7.09. The summed E-state index contributed by atoms with van der Waals surface area (Å²) in [6.07, 6.45) is 8.25. The number of allylic oxidation sites excluding steroid dienone is 3. The van der Waals surface area contributed by atoms with E-state index in [1.807, 2.05) is 6.92 Å². The standard InChI is InChI=1S/C18H23NO/c1-13(2)7-9-15-5-4-6-17-16(11-19-18(15)17)10-8-14(3)12-20/h4-8,11,19-20H,9-10,12H2,1-3H3. The predicted octanol–water partition coefficient (Wildman–Crippen LogP) is 4.16. The minimum atomic E-state index is 0.133. The van der Waals surface area contributed by atoms with Crippen molar-refractivity contribution < 1.29 is 5.11 Å². The molecule has 2 heteroatoms. The van der Waals surface area contributed by atoms with Crippen LogP contribution in [0.15, 0.2) is 47.7 Å². The molecule has 1 heterocycles. The van der Waals surface area contributed by atoms with Gasteiger partial charge in [0.25, 0.3) is 0 Å². The summed E-state index contributed by atoms with van der Waals surface area (Å²) in [5, 5.41) is 10.3. The van der Waals surface area contributed by atoms with Crippen LogP contribution in [-0.2, 0) is 12.8 Å². The molecule has 0 spiro atoms. The zero-order chi connectivity index (χ0) is 14.5. The fourth-order valence-corrected chi connectivity index (χ4v) is 2.28. The molecule has 1 aromatic heterocycles. The van der Waals surface area contributed by atoms with Gasteiger partial charge in [0.1, 0.15) is 0 Å². The number of aromatic amines is 1. The van der Waals surface area contributed by atoms with E-state index in [0.717, 1.165) is 18.4 Å². The Hall–Kier alpha value is -1.80. The highest BCUT2D eigenvalue weighted by Gasteiger charge is 2.06. The molecule has 0 amide bonds. The highest BCUT2D eigenvalue weighted by atomic mass is 16.3. The maximum atomic E-state index is 9.06. The fraction of sp³-hybridized carbons (Fsp3) is 0.333. The van der Waals surface area contributed by atoms with Gasteiger partial charge in [-0.2, -0.15) is 0 Å². The Morgan fingerprint density at radius 3 is 2.55 bits per heavy atom. The van der Waals surface area contributed by atoms with Crippen molar-refractivity contribution in [1.82, 2.24) is 4.98 Å². The quantitative estimate of drug-likeness (QED) is 0.786. The summed E-state index contributed by atoms with van der Waals surface area (Å²) in [6, 6.07) is 6.46. The van der Waals surface area contributed by atoms with Crippen LogP contribution in [0, 0.1) is 0 Å². The number of para-hydroxylation sites is 1. The Morgan fingerprint density at radius 2 is 1.85 bits per heavy atom. The SMILES string of the molecule is CC(C)=CCc1cccc2c(CC=C(C)CO)c[nH]c12. The number of aromatic nitrogens is 1. The summed E-state index contributed by atoms with van der Waals surface area (Å²) >= 11 is 0. The van der Waals surface area contributed by atoms with Gasteiger partial charge < -0.3 is 10.1 Å². The number of H-pyrrole nitrogens is 1. The number of aliphatic hydroxyl groups excluding tert-OH is 1. The average Bonchev–Trinajstić information content (AvgIpc) is 2.86. The minimum absolute atomic E-state index is 0.133. The van der Waals surface area contributed by atoms with E-state index >= 15 is 0 Å². The van der Waals surface area contributed by atoms with Gasteiger partial charge in [0.15, 0.2) is 0 Å². The number of rotatable bonds is 5. The smallest absolute Gasteiger partial charge is 0.0639 e. The second-order valence-electron chi connectivity index (χ2n) is 5.55. The highest BCUT2D eigenvalue weighted by Crippen LogP contribution is 2.23. The molecule has 0 saturated heterocycles. The molecule has 0 fully saturated rings. The van der Waals surface area contributed by atoms with Gasteiger partial charge in [-0.05, 0) is 44.7 Å². The van der Waals surface area contributed by atoms with Crippen LogP contribution < -0.4 is 0 Å². The molecule has 1 aromatic carbocycles. The molecule has 20 heavy (non-hydrogen) atoms. The topological polar surface area (TPSA) is 36.0 Å². The van der Waals surface area contributed by atoms with E-state index in [-0.39, 0.29) is 6.61 Å². The van der Waals surface area contributed by atoms with Crippen molar-refractivity contribution >= 4 is 10.9 Å². The third-order valence-corrected chi connectivity index (χ3v) is 3.54. The van der Waals surface area contributed by atoms with Gasteiger partial charge in [-0.1, -0.05) is 41.5 Å². The molecule has 2 nitrogen and oxygen atoms in total. The van der Waals surface area contributed by atoms with Crippen molar-refractivity contribution in [3.05, 3.63) is 58.8 Å². The van der Waals surface area contributed by atoms with Crippen LogP contribution in [0.3, 0.4) is 0 Å². The molecule has 0 saturated carbocycles. The molecule has 0 unspecified atom stereocenters. The first kappa shape index (κ1) is 14.6. The van der Waals surface area contributed by atoms with Gasteiger partial charge in [0.2, 0.25) is 0 Å². The second kappa shape index (κ2) is 6.58. The van der Waals surface area contributed by atoms with Crippen molar-refractivity contribution in [2.75, 3.05) is 6.61 Å². The normalized spacial score (nSPS) is 11.9. The summed E-state index contributed by atoms with van der Waals surface area (Å²) in [5.41, 5.74) is 6.20. The lowest BCUT2D eigenvalue weighted by Gasteiger charge is -2.02. The third-order valence-electron chi connectivity index (χ3n) is 3.54. The zero-order valence-corrected chi connectivity index (χ0v) is 12.5. The summed E-state index contributed by atoms with van der Waals surface area (Å²) in [4.78, 5) is 3.40. The van der Waals surface area contributed by atoms with E-state index in [1.165, 1.54) is 27.6 Å². The van der Waals surface area contributed by atoms with Gasteiger partial charge in [-0.3, -0.25) is 0 Å². The lowest BCUT2D eigenvalue weighted by molar-refractivity contribution is 0.331. The average molecular weight is 269 g/mol. The molecule has 0 aliphatic rings. The molecule has 106 valence electrons. The number of hydrogen-bond donors (Lipinski definition) is 2. The minimum Gasteiger partial charge on any atom is -0.392 e. The number of nitrogens with one attached hydrogen (secondary N) is 1. The summed E-state index contributed by atoms with van der Waals surface area (Å²) in [5.74, 6) is 0. The third kappa shape index (κ3) is 3.40. The van der Waals surface area contributed by atoms with E-state index in [0.29, 0.717) is 0 Å². The Labute approximate surface area is 120 Å². The lowest BCUT2D eigenvalue weighted by Crippen LogP contribution is -1.87. The Balaban J connectivity index is 2.32. The van der Waals surface area contributed by atoms with Crippen LogP contribution in [0.2, 0.25) is 0 Å². The highest BCUT2D eigenvalue weighted by molar-refractivity contribution is 5.86. The molecule has 0 radical (unpaired) electrons. The van der Waals surface area contributed by atoms with Gasteiger partial charge in [-0.15, -0.1) is 0 Å². The van der Waals surface area contributed by atoms with Gasteiger partial charge >= 0.3 is 0 Å². The number of benzene rings is 1. The Kier molecular flexibility index (Phi) is 4.80. The molecular weight excluding hydrogens is 246 g/mol. The molecule has 2 N–H and O–H groups in total. The largest absolute Gasteiger partial charge is 0.392 e. The fourth-order valence-electron chi connectivity index (χ4n) is 2.28. The second-order valence-corrected chi connectivity index (χ2v) is 5.55. The lowest BCUT2D eigenvalue weighted by atomic mass is 10.0. The number of fused-ring (bicyclic) bond motifs is 1. The van der Waals surface area contributed by atoms with E-state index in [4.69, 9.17) is 5.11 Å². The van der Waals surface area contributed by atoms with Gasteiger partial charge in [0, 0.05) is 17.1 Å². The molecule has 0 aliphatic carbocycles. The summed E-state index contributed by atoms with van der Waals surface area (Å²) in [7, 11) is 0. The van der Waals surface area contributed by atoms with E-state index < -0.39 is 0 Å². The summed E-state index contributed by atoms with van der Waals surface area (Å²) < 4.78 is 0. The Bertz CT molecular complexity index is 642. The molecule has 2 aromatic rings. The van der Waals surface area contributed by atoms with Crippen molar-refractivity contribution in [2.45, 2.75) is 33.6 Å². The Morgan fingerprint density at radius 1 is 1.10 bits per heavy atom. The van der Waals surface area contributed by atoms with Gasteiger partial charge in [0.05, 0.1) is 6.61 Å². The molecular formula is C18H23NO. The number of aliphatic hydroxyl groups is 1. The van der Waals surface area contributed by atoms with Crippen LogP contribution in [-0.4, -0.2) is 16.7 Å². The first-order chi connectivity index (χ1) is 9.61.